The van der Waals surface area contributed by atoms with Gasteiger partial charge in [0.05, 0.1) is 17.6 Å². The second kappa shape index (κ2) is 7.85. The van der Waals surface area contributed by atoms with Crippen LogP contribution in [0.2, 0.25) is 0 Å². The van der Waals surface area contributed by atoms with Crippen LogP contribution in [0.25, 0.3) is 6.08 Å². The van der Waals surface area contributed by atoms with Crippen LogP contribution in [0.1, 0.15) is 31.0 Å². The summed E-state index contributed by atoms with van der Waals surface area (Å²) in [4.78, 5) is 15.2. The Bertz CT molecular complexity index is 800. The molecule has 0 N–H and O–H groups in total. The lowest BCUT2D eigenvalue weighted by Crippen LogP contribution is -2.30. The maximum absolute atomic E-state index is 12.8. The summed E-state index contributed by atoms with van der Waals surface area (Å²) in [5.74, 6) is 0.783. The first-order valence-electron chi connectivity index (χ1n) is 8.15. The molecule has 5 heteroatoms. The SMILES string of the molecule is CCOc1ccc(/C=C2\SC(=S)N([C@H](C)c3ccccc3)C2=O)cc1. The highest BCUT2D eigenvalue weighted by Gasteiger charge is 2.35. The number of thioether (sulfide) groups is 1. The minimum atomic E-state index is -0.0834. The summed E-state index contributed by atoms with van der Waals surface area (Å²) in [6.07, 6.45) is 1.88. The quantitative estimate of drug-likeness (QED) is 0.545. The Morgan fingerprint density at radius 2 is 1.84 bits per heavy atom. The second-order valence-corrected chi connectivity index (χ2v) is 7.32. The van der Waals surface area contributed by atoms with Crippen LogP contribution in [0.3, 0.4) is 0 Å². The summed E-state index contributed by atoms with van der Waals surface area (Å²) < 4.78 is 6.04. The predicted octanol–water partition coefficient (Wildman–Crippen LogP) is 5.05. The molecule has 3 nitrogen and oxygen atoms in total. The fourth-order valence-corrected chi connectivity index (χ4v) is 4.09. The zero-order valence-corrected chi connectivity index (χ0v) is 15.8. The maximum atomic E-state index is 12.8. The average Bonchev–Trinajstić information content (AvgIpc) is 2.90. The number of hydrogen-bond acceptors (Lipinski definition) is 4. The van der Waals surface area contributed by atoms with Crippen LogP contribution >= 0.6 is 24.0 Å². The molecule has 2 aromatic rings. The molecule has 0 aliphatic carbocycles. The molecule has 1 saturated heterocycles. The van der Waals surface area contributed by atoms with Gasteiger partial charge in [-0.05, 0) is 43.2 Å². The van der Waals surface area contributed by atoms with Crippen LogP contribution in [-0.4, -0.2) is 21.7 Å². The molecule has 1 aliphatic heterocycles. The summed E-state index contributed by atoms with van der Waals surface area (Å²) in [5, 5.41) is 0. The van der Waals surface area contributed by atoms with E-state index < -0.39 is 0 Å². The number of thiocarbonyl (C=S) groups is 1. The number of ether oxygens (including phenoxy) is 1. The third-order valence-electron chi connectivity index (χ3n) is 3.98. The average molecular weight is 370 g/mol. The van der Waals surface area contributed by atoms with E-state index in [1.807, 2.05) is 74.5 Å². The lowest BCUT2D eigenvalue weighted by molar-refractivity contribution is -0.123. The van der Waals surface area contributed by atoms with E-state index in [9.17, 15) is 4.79 Å². The lowest BCUT2D eigenvalue weighted by Gasteiger charge is -2.23. The van der Waals surface area contributed by atoms with E-state index in [0.29, 0.717) is 15.8 Å². The predicted molar refractivity (Wildman–Crippen MR) is 107 cm³/mol. The highest BCUT2D eigenvalue weighted by Crippen LogP contribution is 2.38. The van der Waals surface area contributed by atoms with Crippen molar-refractivity contribution in [1.29, 1.82) is 0 Å². The lowest BCUT2D eigenvalue weighted by atomic mass is 10.1. The molecule has 0 aromatic heterocycles. The summed E-state index contributed by atoms with van der Waals surface area (Å²) >= 11 is 6.80. The Morgan fingerprint density at radius 1 is 1.16 bits per heavy atom. The molecular weight excluding hydrogens is 350 g/mol. The van der Waals surface area contributed by atoms with Crippen molar-refractivity contribution in [2.24, 2.45) is 0 Å². The van der Waals surface area contributed by atoms with Gasteiger partial charge in [-0.15, -0.1) is 0 Å². The fourth-order valence-electron chi connectivity index (χ4n) is 2.67. The molecule has 0 saturated carbocycles. The summed E-state index contributed by atoms with van der Waals surface area (Å²) in [5.41, 5.74) is 2.03. The standard InChI is InChI=1S/C20H19NO2S2/c1-3-23-17-11-9-15(10-12-17)13-18-19(22)21(20(24)25-18)14(2)16-7-5-4-6-8-16/h4-14H,3H2,1-2H3/b18-13-/t14-/m1/s1. The minimum Gasteiger partial charge on any atom is -0.494 e. The third kappa shape index (κ3) is 3.94. The van der Waals surface area contributed by atoms with Crippen molar-refractivity contribution in [3.05, 3.63) is 70.6 Å². The maximum Gasteiger partial charge on any atom is 0.266 e. The number of rotatable bonds is 5. The van der Waals surface area contributed by atoms with Crippen molar-refractivity contribution in [2.75, 3.05) is 6.61 Å². The zero-order chi connectivity index (χ0) is 17.8. The third-order valence-corrected chi connectivity index (χ3v) is 5.31. The number of hydrogen-bond donors (Lipinski definition) is 0. The van der Waals surface area contributed by atoms with Crippen molar-refractivity contribution < 1.29 is 9.53 Å². The van der Waals surface area contributed by atoms with Crippen LogP contribution in [0.4, 0.5) is 0 Å². The van der Waals surface area contributed by atoms with Gasteiger partial charge in [-0.25, -0.2) is 0 Å². The van der Waals surface area contributed by atoms with Crippen molar-refractivity contribution >= 4 is 40.3 Å². The topological polar surface area (TPSA) is 29.5 Å². The number of nitrogens with zero attached hydrogens (tertiary/aromatic N) is 1. The van der Waals surface area contributed by atoms with Gasteiger partial charge in [0.2, 0.25) is 0 Å². The van der Waals surface area contributed by atoms with Crippen LogP contribution in [-0.2, 0) is 4.79 Å². The monoisotopic (exact) mass is 369 g/mol. The Kier molecular flexibility index (Phi) is 5.56. The van der Waals surface area contributed by atoms with Crippen LogP contribution < -0.4 is 4.74 Å². The van der Waals surface area contributed by atoms with Gasteiger partial charge < -0.3 is 4.74 Å². The number of amides is 1. The van der Waals surface area contributed by atoms with E-state index in [1.54, 1.807) is 4.90 Å². The molecule has 1 fully saturated rings. The highest BCUT2D eigenvalue weighted by atomic mass is 32.2. The van der Waals surface area contributed by atoms with E-state index in [-0.39, 0.29) is 11.9 Å². The first-order chi connectivity index (χ1) is 12.1. The van der Waals surface area contributed by atoms with Crippen LogP contribution in [0.5, 0.6) is 5.75 Å². The number of carbonyl (C=O) groups excluding carboxylic acids is 1. The second-order valence-electron chi connectivity index (χ2n) is 5.64. The summed E-state index contributed by atoms with van der Waals surface area (Å²) in [6, 6.07) is 17.5. The fraction of sp³-hybridized carbons (Fsp3) is 0.200. The highest BCUT2D eigenvalue weighted by molar-refractivity contribution is 8.26. The largest absolute Gasteiger partial charge is 0.494 e. The van der Waals surface area contributed by atoms with Crippen molar-refractivity contribution in [2.45, 2.75) is 19.9 Å². The van der Waals surface area contributed by atoms with Gasteiger partial charge in [0.25, 0.3) is 5.91 Å². The van der Waals surface area contributed by atoms with Gasteiger partial charge in [0, 0.05) is 0 Å². The number of benzene rings is 2. The molecular formula is C20H19NO2S2. The van der Waals surface area contributed by atoms with Gasteiger partial charge in [-0.3, -0.25) is 9.69 Å². The van der Waals surface area contributed by atoms with E-state index in [4.69, 9.17) is 17.0 Å². The van der Waals surface area contributed by atoms with E-state index in [0.717, 1.165) is 16.9 Å². The molecule has 1 heterocycles. The zero-order valence-electron chi connectivity index (χ0n) is 14.1. The van der Waals surface area contributed by atoms with Crippen molar-refractivity contribution in [3.8, 4) is 5.75 Å². The molecule has 25 heavy (non-hydrogen) atoms. The molecule has 1 amide bonds. The van der Waals surface area contributed by atoms with E-state index >= 15 is 0 Å². The first kappa shape index (κ1) is 17.7. The molecule has 0 spiro atoms. The molecule has 0 unspecified atom stereocenters. The molecule has 0 bridgehead atoms. The van der Waals surface area contributed by atoms with Gasteiger partial charge in [0.1, 0.15) is 10.1 Å². The Labute approximate surface area is 157 Å². The van der Waals surface area contributed by atoms with Gasteiger partial charge in [-0.2, -0.15) is 0 Å². The Morgan fingerprint density at radius 3 is 2.48 bits per heavy atom. The smallest absolute Gasteiger partial charge is 0.266 e. The summed E-state index contributed by atoms with van der Waals surface area (Å²) in [6.45, 7) is 4.59. The molecule has 1 aliphatic rings. The van der Waals surface area contributed by atoms with E-state index in [2.05, 4.69) is 0 Å². The molecule has 1 atom stereocenters. The van der Waals surface area contributed by atoms with Crippen molar-refractivity contribution in [1.82, 2.24) is 4.90 Å². The van der Waals surface area contributed by atoms with Gasteiger partial charge in [-0.1, -0.05) is 66.4 Å². The van der Waals surface area contributed by atoms with Crippen LogP contribution in [0, 0.1) is 0 Å². The minimum absolute atomic E-state index is 0.0414. The molecule has 3 rings (SSSR count). The Balaban J connectivity index is 1.81. The van der Waals surface area contributed by atoms with E-state index in [1.165, 1.54) is 11.8 Å². The summed E-state index contributed by atoms with van der Waals surface area (Å²) in [7, 11) is 0. The van der Waals surface area contributed by atoms with Crippen LogP contribution in [0.15, 0.2) is 59.5 Å². The molecule has 0 radical (unpaired) electrons. The molecule has 128 valence electrons. The first-order valence-corrected chi connectivity index (χ1v) is 9.37. The number of carbonyl (C=O) groups is 1. The molecule has 2 aromatic carbocycles. The van der Waals surface area contributed by atoms with Gasteiger partial charge >= 0.3 is 0 Å². The van der Waals surface area contributed by atoms with Crippen molar-refractivity contribution in [3.63, 3.8) is 0 Å². The van der Waals surface area contributed by atoms with Gasteiger partial charge in [0.15, 0.2) is 0 Å². The normalized spacial score (nSPS) is 17.2. The Hall–Kier alpha value is -2.11.